The van der Waals surface area contributed by atoms with Crippen molar-refractivity contribution in [2.75, 3.05) is 18.0 Å². The predicted octanol–water partition coefficient (Wildman–Crippen LogP) is 3.09. The lowest BCUT2D eigenvalue weighted by Gasteiger charge is -2.36. The lowest BCUT2D eigenvalue weighted by Crippen LogP contribution is -2.37. The monoisotopic (exact) mass is 388 g/mol. The number of piperidine rings is 1. The third-order valence-electron chi connectivity index (χ3n) is 6.09. The van der Waals surface area contributed by atoms with Crippen LogP contribution in [0.3, 0.4) is 0 Å². The summed E-state index contributed by atoms with van der Waals surface area (Å²) in [6.45, 7) is 3.20. The number of aliphatic hydroxyl groups is 1. The Labute approximate surface area is 162 Å². The van der Waals surface area contributed by atoms with Gasteiger partial charge in [-0.05, 0) is 38.2 Å². The Hall–Kier alpha value is -2.41. The lowest BCUT2D eigenvalue weighted by atomic mass is 9.91. The molecule has 2 N–H and O–H groups in total. The molecular weight excluding hydrogens is 363 g/mol. The van der Waals surface area contributed by atoms with E-state index < -0.39 is 17.2 Å². The van der Waals surface area contributed by atoms with Gasteiger partial charge >= 0.3 is 5.97 Å². The minimum Gasteiger partial charge on any atom is -0.477 e. The molecule has 0 aliphatic carbocycles. The maximum atomic E-state index is 15.2. The van der Waals surface area contributed by atoms with E-state index in [1.165, 1.54) is 12.3 Å². The van der Waals surface area contributed by atoms with Crippen molar-refractivity contribution in [2.45, 2.75) is 57.6 Å². The van der Waals surface area contributed by atoms with Crippen LogP contribution in [0, 0.1) is 5.82 Å². The van der Waals surface area contributed by atoms with Crippen molar-refractivity contribution in [3.05, 3.63) is 39.4 Å². The molecule has 0 radical (unpaired) electrons. The molecule has 1 aromatic heterocycles. The van der Waals surface area contributed by atoms with E-state index in [4.69, 9.17) is 0 Å². The molecule has 0 spiro atoms. The quantitative estimate of drug-likeness (QED) is 0.841. The standard InChI is InChI=1S/C21H25FN2O4/c1-2-3-12-4-5-14-18-15(20(26)16(21(27)28)11-24(12)18)10-17(22)19(14)23-8-6-13(25)7-9-23/h10-13,25H,2-9H2,1H3,(H,27,28)/t12-/m0/s1. The summed E-state index contributed by atoms with van der Waals surface area (Å²) in [6, 6.07) is 1.30. The number of aliphatic hydroxyl groups excluding tert-OH is 1. The van der Waals surface area contributed by atoms with E-state index in [1.54, 1.807) is 0 Å². The summed E-state index contributed by atoms with van der Waals surface area (Å²) in [5, 5.41) is 19.4. The molecule has 6 nitrogen and oxygen atoms in total. The van der Waals surface area contributed by atoms with E-state index in [1.807, 2.05) is 9.47 Å². The summed E-state index contributed by atoms with van der Waals surface area (Å²) in [5.74, 6) is -1.77. The Bertz CT molecular complexity index is 992. The molecule has 0 bridgehead atoms. The highest BCUT2D eigenvalue weighted by Gasteiger charge is 2.30. The van der Waals surface area contributed by atoms with E-state index in [0.29, 0.717) is 43.6 Å². The second-order valence-corrected chi connectivity index (χ2v) is 7.87. The number of anilines is 1. The van der Waals surface area contributed by atoms with E-state index in [2.05, 4.69) is 6.92 Å². The maximum absolute atomic E-state index is 15.2. The van der Waals surface area contributed by atoms with Crippen molar-refractivity contribution >= 4 is 22.6 Å². The first-order valence-electron chi connectivity index (χ1n) is 9.98. The topological polar surface area (TPSA) is 82.8 Å². The normalized spacial score (nSPS) is 20.0. The smallest absolute Gasteiger partial charge is 0.341 e. The Morgan fingerprint density at radius 3 is 2.64 bits per heavy atom. The van der Waals surface area contributed by atoms with Crippen molar-refractivity contribution in [2.24, 2.45) is 0 Å². The molecule has 3 heterocycles. The van der Waals surface area contributed by atoms with Gasteiger partial charge in [-0.1, -0.05) is 13.3 Å². The molecule has 0 amide bonds. The van der Waals surface area contributed by atoms with Crippen molar-refractivity contribution in [1.29, 1.82) is 0 Å². The van der Waals surface area contributed by atoms with Gasteiger partial charge in [-0.15, -0.1) is 0 Å². The van der Waals surface area contributed by atoms with Crippen LogP contribution < -0.4 is 10.3 Å². The number of benzene rings is 1. The number of carboxylic acid groups (broad SMARTS) is 1. The average molecular weight is 388 g/mol. The molecule has 0 saturated carbocycles. The molecule has 1 saturated heterocycles. The van der Waals surface area contributed by atoms with Gasteiger partial charge in [-0.3, -0.25) is 4.79 Å². The number of aryl methyl sites for hydroxylation is 1. The first kappa shape index (κ1) is 18.9. The zero-order valence-electron chi connectivity index (χ0n) is 15.9. The maximum Gasteiger partial charge on any atom is 0.341 e. The number of nitrogens with zero attached hydrogens (tertiary/aromatic N) is 2. The van der Waals surface area contributed by atoms with Crippen LogP contribution >= 0.6 is 0 Å². The third-order valence-corrected chi connectivity index (χ3v) is 6.09. The van der Waals surface area contributed by atoms with Gasteiger partial charge in [0.15, 0.2) is 0 Å². The summed E-state index contributed by atoms with van der Waals surface area (Å²) < 4.78 is 17.1. The SMILES string of the molecule is CCC[C@H]1CCc2c(N3CCC(O)CC3)c(F)cc3c(=O)c(C(=O)O)cn1c23. The minimum absolute atomic E-state index is 0.0974. The van der Waals surface area contributed by atoms with Crippen LogP contribution in [-0.2, 0) is 6.42 Å². The van der Waals surface area contributed by atoms with Gasteiger partial charge in [0, 0.05) is 36.3 Å². The molecule has 28 heavy (non-hydrogen) atoms. The fourth-order valence-corrected chi connectivity index (χ4v) is 4.73. The molecule has 1 aromatic carbocycles. The number of carbonyl (C=O) groups is 1. The van der Waals surface area contributed by atoms with Crippen molar-refractivity contribution in [3.8, 4) is 0 Å². The Morgan fingerprint density at radius 1 is 1.29 bits per heavy atom. The van der Waals surface area contributed by atoms with E-state index in [0.717, 1.165) is 24.8 Å². The zero-order chi connectivity index (χ0) is 20.0. The Kier molecular flexibility index (Phi) is 4.87. The van der Waals surface area contributed by atoms with E-state index in [9.17, 15) is 19.8 Å². The first-order chi connectivity index (χ1) is 13.4. The van der Waals surface area contributed by atoms with Crippen LogP contribution in [0.5, 0.6) is 0 Å². The van der Waals surface area contributed by atoms with Gasteiger partial charge in [0.25, 0.3) is 0 Å². The molecule has 2 aromatic rings. The van der Waals surface area contributed by atoms with Crippen molar-refractivity contribution in [1.82, 2.24) is 4.57 Å². The van der Waals surface area contributed by atoms with Crippen LogP contribution in [0.1, 0.15) is 61.0 Å². The van der Waals surface area contributed by atoms with Gasteiger partial charge in [0.1, 0.15) is 11.4 Å². The number of aromatic nitrogens is 1. The van der Waals surface area contributed by atoms with Crippen LogP contribution in [0.2, 0.25) is 0 Å². The van der Waals surface area contributed by atoms with Gasteiger partial charge < -0.3 is 19.7 Å². The van der Waals surface area contributed by atoms with E-state index >= 15 is 4.39 Å². The summed E-state index contributed by atoms with van der Waals surface area (Å²) in [4.78, 5) is 26.3. The molecule has 1 fully saturated rings. The van der Waals surface area contributed by atoms with Gasteiger partial charge in [0.05, 0.1) is 17.3 Å². The number of halogens is 1. The lowest BCUT2D eigenvalue weighted by molar-refractivity contribution is 0.0694. The van der Waals surface area contributed by atoms with Gasteiger partial charge in [-0.2, -0.15) is 0 Å². The molecule has 150 valence electrons. The molecule has 1 atom stereocenters. The number of aromatic carboxylic acids is 1. The zero-order valence-corrected chi connectivity index (χ0v) is 15.9. The second kappa shape index (κ2) is 7.20. The molecule has 2 aliphatic heterocycles. The summed E-state index contributed by atoms with van der Waals surface area (Å²) in [7, 11) is 0. The highest BCUT2D eigenvalue weighted by atomic mass is 19.1. The largest absolute Gasteiger partial charge is 0.477 e. The third kappa shape index (κ3) is 2.98. The van der Waals surface area contributed by atoms with Crippen LogP contribution in [0.4, 0.5) is 10.1 Å². The summed E-state index contributed by atoms with van der Waals surface area (Å²) in [5.41, 5.74) is 1.02. The van der Waals surface area contributed by atoms with Crippen LogP contribution in [0.25, 0.3) is 10.9 Å². The minimum atomic E-state index is -1.28. The molecule has 4 rings (SSSR count). The fraction of sp³-hybridized carbons (Fsp3) is 0.524. The number of carboxylic acids is 1. The van der Waals surface area contributed by atoms with Crippen LogP contribution in [-0.4, -0.2) is 39.9 Å². The molecular formula is C21H25FN2O4. The summed E-state index contributed by atoms with van der Waals surface area (Å²) >= 11 is 0. The number of pyridine rings is 1. The number of rotatable bonds is 4. The van der Waals surface area contributed by atoms with Crippen molar-refractivity contribution < 1.29 is 19.4 Å². The van der Waals surface area contributed by atoms with Crippen molar-refractivity contribution in [3.63, 3.8) is 0 Å². The molecule has 2 aliphatic rings. The molecule has 7 heteroatoms. The average Bonchev–Trinajstić information content (AvgIpc) is 2.66. The second-order valence-electron chi connectivity index (χ2n) is 7.87. The predicted molar refractivity (Wildman–Crippen MR) is 105 cm³/mol. The van der Waals surface area contributed by atoms with Gasteiger partial charge in [0.2, 0.25) is 5.43 Å². The highest BCUT2D eigenvalue weighted by Crippen LogP contribution is 2.40. The number of hydrogen-bond acceptors (Lipinski definition) is 4. The summed E-state index contributed by atoms with van der Waals surface area (Å²) in [6.07, 6.45) is 5.50. The fourth-order valence-electron chi connectivity index (χ4n) is 4.73. The Morgan fingerprint density at radius 2 is 2.00 bits per heavy atom. The van der Waals surface area contributed by atoms with E-state index in [-0.39, 0.29) is 23.1 Å². The Balaban J connectivity index is 1.99. The number of hydrogen-bond donors (Lipinski definition) is 2. The van der Waals surface area contributed by atoms with Crippen LogP contribution in [0.15, 0.2) is 17.1 Å². The molecule has 0 unspecified atom stereocenters. The first-order valence-corrected chi connectivity index (χ1v) is 9.98. The highest BCUT2D eigenvalue weighted by molar-refractivity contribution is 5.95. The van der Waals surface area contributed by atoms with Gasteiger partial charge in [-0.25, -0.2) is 9.18 Å².